The van der Waals surface area contributed by atoms with Crippen molar-refractivity contribution in [1.29, 1.82) is 0 Å². The Bertz CT molecular complexity index is 80.7. The maximum absolute atomic E-state index is 5.71. The van der Waals surface area contributed by atoms with E-state index in [-0.39, 0.29) is 8.57 Å². The molecule has 0 aliphatic heterocycles. The zero-order chi connectivity index (χ0) is 8.69. The van der Waals surface area contributed by atoms with Crippen LogP contribution in [-0.4, -0.2) is 20.9 Å². The Hall–Kier alpha value is 1.97. The highest BCUT2D eigenvalue weighted by molar-refractivity contribution is 9.10. The third kappa shape index (κ3) is 12.0. The molecule has 0 bridgehead atoms. The minimum atomic E-state index is 0.144. The lowest BCUT2D eigenvalue weighted by Crippen LogP contribution is -1.91. The molecule has 0 N–H and O–H groups in total. The molecule has 0 aromatic rings. The van der Waals surface area contributed by atoms with E-state index in [2.05, 4.69) is 31.9 Å². The lowest BCUT2D eigenvalue weighted by molar-refractivity contribution is 1.04. The van der Waals surface area contributed by atoms with Gasteiger partial charge in [0.2, 0.25) is 0 Å². The molecule has 11 heavy (non-hydrogen) atoms. The highest BCUT2D eigenvalue weighted by Gasteiger charge is 1.99. The average Bonchev–Trinajstić information content (AvgIpc) is 1.85. The van der Waals surface area contributed by atoms with Crippen LogP contribution in [0.3, 0.4) is 0 Å². The summed E-state index contributed by atoms with van der Waals surface area (Å²) in [4.78, 5) is 0. The molecule has 2 unspecified atom stereocenters. The van der Waals surface area contributed by atoms with Crippen molar-refractivity contribution in [2.75, 3.05) is 12.3 Å². The zero-order valence-corrected chi connectivity index (χ0v) is 11.7. The number of rotatable bonds is 6. The number of hydrogen-bond acceptors (Lipinski definition) is 0. The second kappa shape index (κ2) is 8.56. The van der Waals surface area contributed by atoms with Gasteiger partial charge in [-0.25, -0.2) is 0 Å². The average molecular weight is 345 g/mol. The fourth-order valence-electron chi connectivity index (χ4n) is 0.547. The minimum absolute atomic E-state index is 0.144. The van der Waals surface area contributed by atoms with Gasteiger partial charge in [0, 0.05) is 0 Å². The van der Waals surface area contributed by atoms with E-state index in [0.717, 1.165) is 21.4 Å². The van der Waals surface area contributed by atoms with Crippen molar-refractivity contribution in [2.24, 2.45) is 0 Å². The Balaban J connectivity index is 2.91. The molecule has 0 aliphatic carbocycles. The highest BCUT2D eigenvalue weighted by atomic mass is 79.9. The van der Waals surface area contributed by atoms with Crippen LogP contribution < -0.4 is 0 Å². The second-order valence-corrected chi connectivity index (χ2v) is 7.93. The highest BCUT2D eigenvalue weighted by Crippen LogP contribution is 2.21. The largest absolute Gasteiger partial charge is 0.122 e. The predicted octanol–water partition coefficient (Wildman–Crippen LogP) is 4.36. The summed E-state index contributed by atoms with van der Waals surface area (Å²) in [6, 6.07) is 0. The van der Waals surface area contributed by atoms with Gasteiger partial charge in [-0.3, -0.25) is 0 Å². The summed E-state index contributed by atoms with van der Waals surface area (Å²) in [7, 11) is 0.989. The number of alkyl halides is 4. The smallest absolute Gasteiger partial charge is 0.0889 e. The molecule has 0 saturated heterocycles. The maximum Gasteiger partial charge on any atom is 0.0889 e. The zero-order valence-electron chi connectivity index (χ0n) is 5.99. The predicted molar refractivity (Wildman–Crippen MR) is 64.4 cm³/mol. The molecule has 0 aromatic carbocycles. The fourth-order valence-corrected chi connectivity index (χ4v) is 3.67. The van der Waals surface area contributed by atoms with Gasteiger partial charge in [-0.05, 0) is 25.2 Å². The molecule has 0 heterocycles. The van der Waals surface area contributed by atoms with Gasteiger partial charge in [-0.2, -0.15) is 0 Å². The van der Waals surface area contributed by atoms with Crippen LogP contribution in [-0.2, 0) is 0 Å². The Morgan fingerprint density at radius 1 is 1.00 bits per heavy atom. The van der Waals surface area contributed by atoms with Crippen molar-refractivity contribution < 1.29 is 0 Å². The van der Waals surface area contributed by atoms with Gasteiger partial charge in [0.1, 0.15) is 0 Å². The van der Waals surface area contributed by atoms with Gasteiger partial charge in [0.25, 0.3) is 0 Å². The van der Waals surface area contributed by atoms with Crippen LogP contribution >= 0.6 is 63.6 Å². The third-order valence-electron chi connectivity index (χ3n) is 1.08. The van der Waals surface area contributed by atoms with Gasteiger partial charge in [-0.1, -0.05) is 31.9 Å². The topological polar surface area (TPSA) is 0 Å². The van der Waals surface area contributed by atoms with Gasteiger partial charge < -0.3 is 0 Å². The second-order valence-electron chi connectivity index (χ2n) is 2.11. The van der Waals surface area contributed by atoms with Crippen molar-refractivity contribution in [2.45, 2.75) is 21.4 Å². The van der Waals surface area contributed by atoms with E-state index in [0.29, 0.717) is 0 Å². The summed E-state index contributed by atoms with van der Waals surface area (Å²) in [5.41, 5.74) is 0. The van der Waals surface area contributed by atoms with Crippen molar-refractivity contribution in [3.8, 4) is 0 Å². The fraction of sp³-hybridized carbons (Fsp3) is 1.00. The molecule has 5 heteroatoms. The van der Waals surface area contributed by atoms with Crippen molar-refractivity contribution in [3.63, 3.8) is 0 Å². The van der Waals surface area contributed by atoms with Crippen LogP contribution in [0, 0.1) is 0 Å². The standard InChI is InChI=1S/C6H11Br2Cl2P/c7-5(9)1-3-11-4-2-6(8)10/h5-6,11H,1-4H2. The van der Waals surface area contributed by atoms with Crippen LogP contribution in [0.1, 0.15) is 12.8 Å². The van der Waals surface area contributed by atoms with E-state index in [1.165, 1.54) is 12.3 Å². The maximum atomic E-state index is 5.71. The van der Waals surface area contributed by atoms with Crippen LogP contribution in [0.2, 0.25) is 0 Å². The van der Waals surface area contributed by atoms with Crippen molar-refractivity contribution in [1.82, 2.24) is 0 Å². The lowest BCUT2D eigenvalue weighted by atomic mass is 10.6. The molecule has 0 aromatic heterocycles. The first-order valence-electron chi connectivity index (χ1n) is 3.40. The van der Waals surface area contributed by atoms with E-state index in [9.17, 15) is 0 Å². The first-order chi connectivity index (χ1) is 5.13. The first kappa shape index (κ1) is 13.0. The van der Waals surface area contributed by atoms with E-state index < -0.39 is 0 Å². The molecule has 0 rings (SSSR count). The van der Waals surface area contributed by atoms with Crippen molar-refractivity contribution in [3.05, 3.63) is 0 Å². The third-order valence-corrected chi connectivity index (χ3v) is 3.72. The summed E-state index contributed by atoms with van der Waals surface area (Å²) in [6.45, 7) is 0. The van der Waals surface area contributed by atoms with E-state index in [1.54, 1.807) is 0 Å². The van der Waals surface area contributed by atoms with Crippen LogP contribution in [0.15, 0.2) is 0 Å². The van der Waals surface area contributed by atoms with Gasteiger partial charge in [-0.15, -0.1) is 31.8 Å². The Kier molecular flexibility index (Phi) is 10.1. The molecule has 0 radical (unpaired) electrons. The summed E-state index contributed by atoms with van der Waals surface area (Å²) < 4.78 is 0.288. The van der Waals surface area contributed by atoms with Gasteiger partial charge in [0.05, 0.1) is 8.57 Å². The van der Waals surface area contributed by atoms with E-state index in [4.69, 9.17) is 23.2 Å². The number of hydrogen-bond donors (Lipinski definition) is 0. The molecule has 68 valence electrons. The van der Waals surface area contributed by atoms with Gasteiger partial charge in [0.15, 0.2) is 0 Å². The molecule has 0 nitrogen and oxygen atoms in total. The summed E-state index contributed by atoms with van der Waals surface area (Å²) in [5, 5.41) is 0. The summed E-state index contributed by atoms with van der Waals surface area (Å²) in [5.74, 6) is 0. The Morgan fingerprint density at radius 2 is 1.36 bits per heavy atom. The summed E-state index contributed by atoms with van der Waals surface area (Å²) in [6.07, 6.45) is 4.51. The van der Waals surface area contributed by atoms with Crippen LogP contribution in [0.5, 0.6) is 0 Å². The molecule has 0 amide bonds. The molecule has 2 atom stereocenters. The van der Waals surface area contributed by atoms with Gasteiger partial charge >= 0.3 is 0 Å². The summed E-state index contributed by atoms with van der Waals surface area (Å²) >= 11 is 18.0. The van der Waals surface area contributed by atoms with Crippen LogP contribution in [0.25, 0.3) is 0 Å². The molecule has 0 aliphatic rings. The first-order valence-corrected chi connectivity index (χ1v) is 7.51. The SMILES string of the molecule is ClC(Br)CCPCCC(Cl)Br. The normalized spacial score (nSPS) is 17.5. The van der Waals surface area contributed by atoms with Crippen LogP contribution in [0.4, 0.5) is 0 Å². The number of halogens is 4. The Morgan fingerprint density at radius 3 is 1.64 bits per heavy atom. The van der Waals surface area contributed by atoms with E-state index >= 15 is 0 Å². The lowest BCUT2D eigenvalue weighted by Gasteiger charge is -2.02. The monoisotopic (exact) mass is 342 g/mol. The van der Waals surface area contributed by atoms with E-state index in [1.807, 2.05) is 0 Å². The molecule has 0 saturated carbocycles. The van der Waals surface area contributed by atoms with Crippen molar-refractivity contribution >= 4 is 63.6 Å². The molecular weight excluding hydrogens is 334 g/mol. The molecule has 0 spiro atoms. The molecule has 0 fully saturated rings. The quantitative estimate of drug-likeness (QED) is 0.381. The Labute approximate surface area is 96.8 Å². The minimum Gasteiger partial charge on any atom is -0.122 e. The molecular formula is C6H11Br2Cl2P.